The van der Waals surface area contributed by atoms with Crippen molar-refractivity contribution in [3.8, 4) is 22.3 Å². The lowest BCUT2D eigenvalue weighted by Crippen LogP contribution is -2.42. The van der Waals surface area contributed by atoms with Gasteiger partial charge in [0.15, 0.2) is 11.6 Å². The number of nitrogens with zero attached hydrogens (tertiary/aromatic N) is 1. The van der Waals surface area contributed by atoms with Crippen molar-refractivity contribution in [2.75, 3.05) is 13.1 Å². The highest BCUT2D eigenvalue weighted by molar-refractivity contribution is 7.59. The number of Topliss-reactive ketones (excluding diaryl/α,β-unsaturated/α-hetero) is 2. The first-order valence-corrected chi connectivity index (χ1v) is 22.7. The number of alkyl halides is 2. The van der Waals surface area contributed by atoms with E-state index in [1.54, 1.807) is 127 Å². The maximum Gasteiger partial charge on any atom is 0.307 e. The van der Waals surface area contributed by atoms with E-state index in [1.165, 1.54) is 11.0 Å². The van der Waals surface area contributed by atoms with Crippen LogP contribution in [0.15, 0.2) is 133 Å². The van der Waals surface area contributed by atoms with Gasteiger partial charge in [0.2, 0.25) is 5.91 Å². The molecule has 0 saturated carbocycles. The molecule has 364 valence electrons. The number of carbonyl (C=O) groups excluding carboxylic acids is 3. The second-order valence-electron chi connectivity index (χ2n) is 16.0. The highest BCUT2D eigenvalue weighted by atomic mass is 35.5. The first-order valence-electron chi connectivity index (χ1n) is 21.2. The minimum absolute atomic E-state index is 0. The van der Waals surface area contributed by atoms with E-state index in [2.05, 4.69) is 5.32 Å². The fraction of sp³-hybridized carbons (Fsp3) is 0.231. The number of carbonyl (C=O) groups is 4. The Balaban J connectivity index is 0.000000250. The number of hydrogen-bond acceptors (Lipinski definition) is 5. The van der Waals surface area contributed by atoms with Crippen LogP contribution in [0.4, 0.5) is 17.6 Å². The molecule has 1 amide bonds. The van der Waals surface area contributed by atoms with Crippen molar-refractivity contribution in [1.82, 2.24) is 10.2 Å². The Kier molecular flexibility index (Phi) is 22.1. The molecule has 6 aromatic rings. The summed E-state index contributed by atoms with van der Waals surface area (Å²) in [4.78, 5) is 49.6. The van der Waals surface area contributed by atoms with Crippen molar-refractivity contribution < 1.29 is 41.8 Å². The van der Waals surface area contributed by atoms with E-state index in [-0.39, 0.29) is 100 Å². The van der Waals surface area contributed by atoms with E-state index in [4.69, 9.17) is 51.5 Å². The maximum absolute atomic E-state index is 15.3. The molecule has 0 aromatic heterocycles. The van der Waals surface area contributed by atoms with Gasteiger partial charge in [-0.25, -0.2) is 17.6 Å². The van der Waals surface area contributed by atoms with Crippen LogP contribution in [0.5, 0.6) is 0 Å². The molecule has 0 bridgehead atoms. The van der Waals surface area contributed by atoms with Crippen LogP contribution in [-0.2, 0) is 44.9 Å². The van der Waals surface area contributed by atoms with Crippen molar-refractivity contribution in [2.24, 2.45) is 0 Å². The average Bonchev–Trinajstić information content (AvgIpc) is 3.91. The fourth-order valence-corrected chi connectivity index (χ4v) is 8.77. The Bertz CT molecular complexity index is 2750. The Labute approximate surface area is 431 Å². The summed E-state index contributed by atoms with van der Waals surface area (Å²) in [6, 6.07) is 35.7. The van der Waals surface area contributed by atoms with Crippen molar-refractivity contribution in [2.45, 2.75) is 63.0 Å². The quantitative estimate of drug-likeness (QED) is 0.118. The molecule has 0 spiro atoms. The third-order valence-corrected chi connectivity index (χ3v) is 12.2. The number of hydrogen-bond donors (Lipinski definition) is 2. The van der Waals surface area contributed by atoms with Crippen LogP contribution in [0.3, 0.4) is 0 Å². The summed E-state index contributed by atoms with van der Waals surface area (Å²) < 4.78 is 57.4. The molecule has 0 unspecified atom stereocenters. The largest absolute Gasteiger partial charge is 0.481 e. The van der Waals surface area contributed by atoms with Gasteiger partial charge in [-0.15, -0.1) is 12.4 Å². The number of rotatable bonds is 12. The van der Waals surface area contributed by atoms with Crippen LogP contribution < -0.4 is 5.32 Å². The lowest BCUT2D eigenvalue weighted by Gasteiger charge is -2.23. The molecule has 2 aliphatic rings. The van der Waals surface area contributed by atoms with E-state index >= 15 is 4.39 Å². The Morgan fingerprint density at radius 3 is 1.51 bits per heavy atom. The SMILES string of the molecule is Cl.O=C(Cc1cccc(-c2ccccc2Cl)c1F)[C@@H]1C[C@@H](F)CN1.O=C(Cc1cccc(-c2ccccc2Cl)c1F)[C@@H]1C[C@@H](F)CN1C(=O)Cc1cccc(Cl)c1.O=C(O)Cc1cccc(Cl)c1.S. The molecule has 17 heteroatoms. The van der Waals surface area contributed by atoms with Gasteiger partial charge in [-0.1, -0.05) is 143 Å². The molecule has 2 aliphatic heterocycles. The van der Waals surface area contributed by atoms with Crippen LogP contribution in [0.25, 0.3) is 22.3 Å². The Morgan fingerprint density at radius 2 is 1.04 bits per heavy atom. The van der Waals surface area contributed by atoms with Crippen molar-refractivity contribution >= 4 is 95.7 Å². The number of aliphatic carboxylic acids is 1. The van der Waals surface area contributed by atoms with Gasteiger partial charge in [-0.3, -0.25) is 19.2 Å². The van der Waals surface area contributed by atoms with E-state index in [0.29, 0.717) is 47.9 Å². The topological polar surface area (TPSA) is 104 Å². The van der Waals surface area contributed by atoms with Crippen LogP contribution in [0, 0.1) is 11.6 Å². The molecular formula is C52H47Cl5F4N2O5S. The first kappa shape index (κ1) is 56.7. The molecule has 2 N–H and O–H groups in total. The van der Waals surface area contributed by atoms with Crippen molar-refractivity contribution in [3.05, 3.63) is 187 Å². The van der Waals surface area contributed by atoms with Gasteiger partial charge in [0.1, 0.15) is 24.0 Å². The van der Waals surface area contributed by atoms with Gasteiger partial charge in [0, 0.05) is 74.6 Å². The molecule has 8 rings (SSSR count). The van der Waals surface area contributed by atoms with E-state index in [0.717, 1.165) is 5.56 Å². The second-order valence-corrected chi connectivity index (χ2v) is 17.7. The normalized spacial score (nSPS) is 17.0. The lowest BCUT2D eigenvalue weighted by atomic mass is 9.96. The maximum atomic E-state index is 15.3. The van der Waals surface area contributed by atoms with Crippen LogP contribution in [-0.4, -0.2) is 71.0 Å². The van der Waals surface area contributed by atoms with Crippen LogP contribution in [0.2, 0.25) is 20.1 Å². The molecule has 0 aliphatic carbocycles. The summed E-state index contributed by atoms with van der Waals surface area (Å²) in [7, 11) is 0. The van der Waals surface area contributed by atoms with Gasteiger partial charge in [-0.05, 0) is 58.7 Å². The van der Waals surface area contributed by atoms with E-state index in [1.807, 2.05) is 0 Å². The number of carboxylic acid groups (broad SMARTS) is 1. The number of nitrogens with one attached hydrogen (secondary N) is 1. The minimum Gasteiger partial charge on any atom is -0.481 e. The van der Waals surface area contributed by atoms with E-state index < -0.39 is 47.8 Å². The van der Waals surface area contributed by atoms with Gasteiger partial charge >= 0.3 is 5.97 Å². The number of likely N-dealkylation sites (tertiary alicyclic amines) is 1. The fourth-order valence-electron chi connectivity index (χ4n) is 7.87. The first-order chi connectivity index (χ1) is 32.1. The molecule has 2 heterocycles. The monoisotopic (exact) mass is 1060 g/mol. The molecule has 4 atom stereocenters. The number of ketones is 2. The third-order valence-electron chi connectivity index (χ3n) is 11.1. The summed E-state index contributed by atoms with van der Waals surface area (Å²) in [5.74, 6) is -2.80. The smallest absolute Gasteiger partial charge is 0.307 e. The van der Waals surface area contributed by atoms with Crippen molar-refractivity contribution in [1.29, 1.82) is 0 Å². The zero-order valence-corrected chi connectivity index (χ0v) is 41.5. The average molecular weight is 1070 g/mol. The number of amides is 1. The lowest BCUT2D eigenvalue weighted by molar-refractivity contribution is -0.137. The van der Waals surface area contributed by atoms with Crippen LogP contribution in [0.1, 0.15) is 35.1 Å². The second kappa shape index (κ2) is 26.9. The zero-order valence-electron chi connectivity index (χ0n) is 36.6. The van der Waals surface area contributed by atoms with Crippen molar-refractivity contribution in [3.63, 3.8) is 0 Å². The highest BCUT2D eigenvalue weighted by Crippen LogP contribution is 2.33. The van der Waals surface area contributed by atoms with E-state index in [9.17, 15) is 32.3 Å². The molecular weight excluding hydrogens is 1020 g/mol. The van der Waals surface area contributed by atoms with Gasteiger partial charge < -0.3 is 15.3 Å². The summed E-state index contributed by atoms with van der Waals surface area (Å²) in [6.45, 7) is 0.0243. The number of benzene rings is 6. The molecule has 0 radical (unpaired) electrons. The summed E-state index contributed by atoms with van der Waals surface area (Å²) in [5.41, 5.74) is 3.65. The summed E-state index contributed by atoms with van der Waals surface area (Å²) in [6.07, 6.45) is -2.52. The Hall–Kier alpha value is -4.92. The third kappa shape index (κ3) is 15.8. The summed E-state index contributed by atoms with van der Waals surface area (Å²) >= 11 is 23.9. The minimum atomic E-state index is -1.30. The Morgan fingerprint density at radius 1 is 0.580 bits per heavy atom. The predicted molar refractivity (Wildman–Crippen MR) is 273 cm³/mol. The summed E-state index contributed by atoms with van der Waals surface area (Å²) in [5, 5.41) is 13.2. The van der Waals surface area contributed by atoms with Gasteiger partial charge in [0.25, 0.3) is 0 Å². The molecule has 7 nitrogen and oxygen atoms in total. The number of halogens is 9. The standard InChI is InChI=1S/C26H21Cl2F2NO2.C18H16ClF2NO.C8H7ClO2.ClH.H2S/c27-18-7-3-5-16(11-18)12-25(33)31-15-19(29)14-23(31)24(32)13-17-6-4-9-21(26(17)30)20-8-1-2-10-22(20)28;19-15-7-2-1-5-13(15)14-6-3-4-11(18(14)21)8-17(23)16-9-12(20)10-22-16;9-7-3-1-2-6(4-7)5-8(10)11;;/h1-11,19,23H,12-15H2;1-7,12,16,22H,8-10H2;1-4H,5H2,(H,10,11);1H;1H2/t19-,23+;12-,16+;;;/m11.../s1. The molecule has 69 heavy (non-hydrogen) atoms. The number of carboxylic acids is 1. The van der Waals surface area contributed by atoms with Gasteiger partial charge in [0.05, 0.1) is 31.5 Å². The molecule has 6 aromatic carbocycles. The molecule has 2 fully saturated rings. The van der Waals surface area contributed by atoms with Crippen LogP contribution >= 0.6 is 72.3 Å². The highest BCUT2D eigenvalue weighted by Gasteiger charge is 2.39. The zero-order chi connectivity index (χ0) is 48.2. The predicted octanol–water partition coefficient (Wildman–Crippen LogP) is 12.6. The van der Waals surface area contributed by atoms with Gasteiger partial charge in [-0.2, -0.15) is 13.5 Å². The molecule has 2 saturated heterocycles.